The Morgan fingerprint density at radius 1 is 1.07 bits per heavy atom. The summed E-state index contributed by atoms with van der Waals surface area (Å²) in [6, 6.07) is 11.6. The zero-order chi connectivity index (χ0) is 19.2. The van der Waals surface area contributed by atoms with Crippen LogP contribution in [-0.2, 0) is 4.79 Å². The lowest BCUT2D eigenvalue weighted by Crippen LogP contribution is -2.21. The van der Waals surface area contributed by atoms with Gasteiger partial charge in [0.15, 0.2) is 11.5 Å². The predicted molar refractivity (Wildman–Crippen MR) is 103 cm³/mol. The van der Waals surface area contributed by atoms with Gasteiger partial charge in [-0.1, -0.05) is 11.6 Å². The van der Waals surface area contributed by atoms with Crippen LogP contribution in [0.25, 0.3) is 0 Å². The highest BCUT2D eigenvalue weighted by molar-refractivity contribution is 6.30. The number of rotatable bonds is 5. The van der Waals surface area contributed by atoms with Crippen molar-refractivity contribution in [2.75, 3.05) is 18.5 Å². The van der Waals surface area contributed by atoms with Crippen molar-refractivity contribution in [3.63, 3.8) is 0 Å². The first-order valence-corrected chi connectivity index (χ1v) is 8.67. The van der Waals surface area contributed by atoms with Crippen molar-refractivity contribution in [3.8, 4) is 11.5 Å². The molecule has 0 aromatic heterocycles. The molecule has 1 aliphatic heterocycles. The van der Waals surface area contributed by atoms with E-state index in [9.17, 15) is 9.59 Å². The molecule has 2 aromatic carbocycles. The summed E-state index contributed by atoms with van der Waals surface area (Å²) in [7, 11) is 0. The summed E-state index contributed by atoms with van der Waals surface area (Å²) in [5.74, 6) is 0.619. The molecule has 0 spiro atoms. The zero-order valence-electron chi connectivity index (χ0n) is 14.6. The Kier molecular flexibility index (Phi) is 5.93. The van der Waals surface area contributed by atoms with Gasteiger partial charge in [0.2, 0.25) is 5.91 Å². The molecule has 0 fully saturated rings. The Labute approximate surface area is 161 Å². The normalized spacial score (nSPS) is 13.0. The molecule has 0 saturated heterocycles. The molecule has 2 amide bonds. The molecular formula is C19H18ClN3O4. The van der Waals surface area contributed by atoms with Crippen molar-refractivity contribution >= 4 is 34.8 Å². The van der Waals surface area contributed by atoms with Crippen molar-refractivity contribution < 1.29 is 19.1 Å². The van der Waals surface area contributed by atoms with Gasteiger partial charge in [0.05, 0.1) is 6.42 Å². The van der Waals surface area contributed by atoms with Gasteiger partial charge in [0, 0.05) is 28.1 Å². The lowest BCUT2D eigenvalue weighted by Gasteiger charge is -2.19. The third kappa shape index (κ3) is 5.21. The van der Waals surface area contributed by atoms with Crippen molar-refractivity contribution in [1.29, 1.82) is 0 Å². The summed E-state index contributed by atoms with van der Waals surface area (Å²) < 4.78 is 10.9. The van der Waals surface area contributed by atoms with Gasteiger partial charge < -0.3 is 14.8 Å². The van der Waals surface area contributed by atoms with Gasteiger partial charge in [-0.05, 0) is 43.3 Å². The molecule has 0 aliphatic carbocycles. The standard InChI is InChI=1S/C19H18ClN3O4/c1-12(22-23-19(25)13-2-4-14(20)5-3-13)10-18(24)21-15-6-7-16-17(11-15)27-9-8-26-16/h2-7,11H,8-10H2,1H3,(H,21,24)(H,23,25)/b22-12-. The lowest BCUT2D eigenvalue weighted by atomic mass is 10.2. The van der Waals surface area contributed by atoms with Gasteiger partial charge >= 0.3 is 0 Å². The number of anilines is 1. The van der Waals surface area contributed by atoms with E-state index >= 15 is 0 Å². The molecule has 7 nitrogen and oxygen atoms in total. The van der Waals surface area contributed by atoms with E-state index in [2.05, 4.69) is 15.8 Å². The van der Waals surface area contributed by atoms with E-state index < -0.39 is 0 Å². The van der Waals surface area contributed by atoms with E-state index in [1.165, 1.54) is 0 Å². The Morgan fingerprint density at radius 3 is 2.52 bits per heavy atom. The average Bonchev–Trinajstić information content (AvgIpc) is 2.66. The van der Waals surface area contributed by atoms with Crippen molar-refractivity contribution in [1.82, 2.24) is 5.43 Å². The van der Waals surface area contributed by atoms with E-state index in [1.54, 1.807) is 49.4 Å². The number of ether oxygens (including phenoxy) is 2. The van der Waals surface area contributed by atoms with Crippen LogP contribution in [0.5, 0.6) is 11.5 Å². The number of halogens is 1. The first-order valence-electron chi connectivity index (χ1n) is 8.30. The quantitative estimate of drug-likeness (QED) is 0.608. The van der Waals surface area contributed by atoms with Gasteiger partial charge in [0.1, 0.15) is 13.2 Å². The number of nitrogens with one attached hydrogen (secondary N) is 2. The molecule has 2 aromatic rings. The summed E-state index contributed by atoms with van der Waals surface area (Å²) in [4.78, 5) is 24.1. The largest absolute Gasteiger partial charge is 0.486 e. The third-order valence-corrected chi connectivity index (χ3v) is 3.95. The van der Waals surface area contributed by atoms with Gasteiger partial charge in [0.25, 0.3) is 5.91 Å². The Morgan fingerprint density at radius 2 is 1.78 bits per heavy atom. The maximum absolute atomic E-state index is 12.2. The second-order valence-electron chi connectivity index (χ2n) is 5.88. The van der Waals surface area contributed by atoms with Crippen molar-refractivity contribution in [2.24, 2.45) is 5.10 Å². The minimum atomic E-state index is -0.377. The van der Waals surface area contributed by atoms with E-state index in [0.29, 0.717) is 46.7 Å². The fourth-order valence-electron chi connectivity index (χ4n) is 2.41. The van der Waals surface area contributed by atoms with Gasteiger partial charge in [-0.3, -0.25) is 9.59 Å². The molecule has 2 N–H and O–H groups in total. The molecule has 1 aliphatic rings. The number of carbonyl (C=O) groups excluding carboxylic acids is 2. The minimum Gasteiger partial charge on any atom is -0.486 e. The first-order chi connectivity index (χ1) is 13.0. The molecule has 140 valence electrons. The number of nitrogens with zero attached hydrogens (tertiary/aromatic N) is 1. The number of hydrogen-bond donors (Lipinski definition) is 2. The number of hydrazone groups is 1. The Hall–Kier alpha value is -3.06. The summed E-state index contributed by atoms with van der Waals surface area (Å²) >= 11 is 5.79. The monoisotopic (exact) mass is 387 g/mol. The molecular weight excluding hydrogens is 370 g/mol. The van der Waals surface area contributed by atoms with Gasteiger partial charge in [-0.15, -0.1) is 0 Å². The van der Waals surface area contributed by atoms with Crippen LogP contribution in [0.1, 0.15) is 23.7 Å². The molecule has 1 heterocycles. The predicted octanol–water partition coefficient (Wildman–Crippen LogP) is 3.25. The van der Waals surface area contributed by atoms with Crippen LogP contribution in [0.15, 0.2) is 47.6 Å². The number of fused-ring (bicyclic) bond motifs is 1. The topological polar surface area (TPSA) is 89.0 Å². The Bertz CT molecular complexity index is 881. The highest BCUT2D eigenvalue weighted by Crippen LogP contribution is 2.32. The van der Waals surface area contributed by atoms with Crippen LogP contribution in [-0.4, -0.2) is 30.7 Å². The second kappa shape index (κ2) is 8.55. The molecule has 8 heteroatoms. The van der Waals surface area contributed by atoms with E-state index in [1.807, 2.05) is 0 Å². The fourth-order valence-corrected chi connectivity index (χ4v) is 2.54. The first kappa shape index (κ1) is 18.7. The minimum absolute atomic E-state index is 0.0370. The molecule has 3 rings (SSSR count). The highest BCUT2D eigenvalue weighted by Gasteiger charge is 2.13. The maximum Gasteiger partial charge on any atom is 0.271 e. The van der Waals surface area contributed by atoms with Crippen molar-refractivity contribution in [2.45, 2.75) is 13.3 Å². The summed E-state index contributed by atoms with van der Waals surface area (Å²) in [6.45, 7) is 2.64. The summed E-state index contributed by atoms with van der Waals surface area (Å²) in [5.41, 5.74) is 3.91. The van der Waals surface area contributed by atoms with E-state index in [-0.39, 0.29) is 18.2 Å². The molecule has 0 unspecified atom stereocenters. The molecule has 0 radical (unpaired) electrons. The van der Waals surface area contributed by atoms with Crippen molar-refractivity contribution in [3.05, 3.63) is 53.1 Å². The molecule has 27 heavy (non-hydrogen) atoms. The SMILES string of the molecule is C/C(CC(=O)Nc1ccc2c(c1)OCCO2)=N/NC(=O)c1ccc(Cl)cc1. The number of benzene rings is 2. The lowest BCUT2D eigenvalue weighted by molar-refractivity contribution is -0.115. The third-order valence-electron chi connectivity index (χ3n) is 3.70. The van der Waals surface area contributed by atoms with Crippen LogP contribution in [0.2, 0.25) is 5.02 Å². The number of hydrogen-bond acceptors (Lipinski definition) is 5. The van der Waals surface area contributed by atoms with Crippen LogP contribution in [0.3, 0.4) is 0 Å². The second-order valence-corrected chi connectivity index (χ2v) is 6.31. The molecule has 0 saturated carbocycles. The highest BCUT2D eigenvalue weighted by atomic mass is 35.5. The zero-order valence-corrected chi connectivity index (χ0v) is 15.4. The smallest absolute Gasteiger partial charge is 0.271 e. The summed E-state index contributed by atoms with van der Waals surface area (Å²) in [6.07, 6.45) is 0.0370. The fraction of sp³-hybridized carbons (Fsp3) is 0.211. The Balaban J connectivity index is 1.53. The number of amides is 2. The molecule has 0 bridgehead atoms. The maximum atomic E-state index is 12.2. The van der Waals surface area contributed by atoms with Crippen LogP contribution in [0.4, 0.5) is 5.69 Å². The van der Waals surface area contributed by atoms with Crippen LogP contribution in [0, 0.1) is 0 Å². The average molecular weight is 388 g/mol. The summed E-state index contributed by atoms with van der Waals surface area (Å²) in [5, 5.41) is 7.26. The number of carbonyl (C=O) groups is 2. The van der Waals surface area contributed by atoms with E-state index in [4.69, 9.17) is 21.1 Å². The van der Waals surface area contributed by atoms with Gasteiger partial charge in [-0.25, -0.2) is 5.43 Å². The van der Waals surface area contributed by atoms with Crippen LogP contribution < -0.4 is 20.2 Å². The van der Waals surface area contributed by atoms with Crippen LogP contribution >= 0.6 is 11.6 Å². The van der Waals surface area contributed by atoms with Gasteiger partial charge in [-0.2, -0.15) is 5.10 Å². The molecule has 0 atom stereocenters. The van der Waals surface area contributed by atoms with E-state index in [0.717, 1.165) is 0 Å².